The summed E-state index contributed by atoms with van der Waals surface area (Å²) < 4.78 is 0. The van der Waals surface area contributed by atoms with E-state index in [1.54, 1.807) is 6.20 Å². The maximum Gasteiger partial charge on any atom is 0.250 e. The average Bonchev–Trinajstić information content (AvgIpc) is 2.50. The van der Waals surface area contributed by atoms with E-state index in [0.29, 0.717) is 12.1 Å². The molecule has 21 heavy (non-hydrogen) atoms. The molecule has 5 nitrogen and oxygen atoms in total. The van der Waals surface area contributed by atoms with Gasteiger partial charge in [0.1, 0.15) is 12.6 Å². The summed E-state index contributed by atoms with van der Waals surface area (Å²) in [6.07, 6.45) is 3.16. The molecule has 0 spiro atoms. The van der Waals surface area contributed by atoms with Crippen LogP contribution in [0, 0.1) is 0 Å². The highest BCUT2D eigenvalue weighted by Gasteiger charge is 2.32. The van der Waals surface area contributed by atoms with Gasteiger partial charge in [-0.3, -0.25) is 19.5 Å². The monoisotopic (exact) mass is 283 g/mol. The normalized spacial score (nSPS) is 18.9. The summed E-state index contributed by atoms with van der Waals surface area (Å²) >= 11 is 0. The number of nitrogens with one attached hydrogen (secondary N) is 1. The molecule has 0 aliphatic carbocycles. The van der Waals surface area contributed by atoms with Crippen LogP contribution in [0.1, 0.15) is 19.8 Å². The number of carbonyl (C=O) groups is 2. The number of pyridine rings is 1. The SMILES string of the molecule is CCCC1NC(=O)CN(c2cnc3ccccc3c2)C1=O. The number of fused-ring (bicyclic) bond motifs is 1. The van der Waals surface area contributed by atoms with Crippen molar-refractivity contribution in [1.29, 1.82) is 0 Å². The van der Waals surface area contributed by atoms with Crippen LogP contribution in [0.2, 0.25) is 0 Å². The fraction of sp³-hybridized carbons (Fsp3) is 0.312. The lowest BCUT2D eigenvalue weighted by molar-refractivity contribution is -0.131. The van der Waals surface area contributed by atoms with Crippen LogP contribution in [0.15, 0.2) is 36.5 Å². The molecule has 1 atom stereocenters. The number of hydrogen-bond donors (Lipinski definition) is 1. The summed E-state index contributed by atoms with van der Waals surface area (Å²) in [4.78, 5) is 30.2. The van der Waals surface area contributed by atoms with Crippen molar-refractivity contribution >= 4 is 28.4 Å². The first-order chi connectivity index (χ1) is 10.2. The Labute approximate surface area is 123 Å². The molecule has 0 bridgehead atoms. The first-order valence-electron chi connectivity index (χ1n) is 7.14. The summed E-state index contributed by atoms with van der Waals surface area (Å²) in [5, 5.41) is 3.71. The van der Waals surface area contributed by atoms with Crippen LogP contribution >= 0.6 is 0 Å². The first-order valence-corrected chi connectivity index (χ1v) is 7.14. The Morgan fingerprint density at radius 2 is 2.14 bits per heavy atom. The summed E-state index contributed by atoms with van der Waals surface area (Å²) in [5.74, 6) is -0.185. The van der Waals surface area contributed by atoms with E-state index in [1.165, 1.54) is 4.90 Å². The molecule has 1 aromatic carbocycles. The van der Waals surface area contributed by atoms with Crippen LogP contribution in [-0.2, 0) is 9.59 Å². The second-order valence-corrected chi connectivity index (χ2v) is 5.22. The smallest absolute Gasteiger partial charge is 0.250 e. The van der Waals surface area contributed by atoms with Gasteiger partial charge >= 0.3 is 0 Å². The van der Waals surface area contributed by atoms with Crippen molar-refractivity contribution in [3.63, 3.8) is 0 Å². The Morgan fingerprint density at radius 3 is 2.95 bits per heavy atom. The van der Waals surface area contributed by atoms with E-state index in [0.717, 1.165) is 17.3 Å². The first kappa shape index (κ1) is 13.5. The van der Waals surface area contributed by atoms with Gasteiger partial charge in [0.15, 0.2) is 0 Å². The number of amides is 2. The molecule has 0 saturated carbocycles. The lowest BCUT2D eigenvalue weighted by Crippen LogP contribution is -2.58. The molecular formula is C16H17N3O2. The number of hydrogen-bond acceptors (Lipinski definition) is 3. The van der Waals surface area contributed by atoms with Crippen molar-refractivity contribution in [3.8, 4) is 0 Å². The van der Waals surface area contributed by atoms with Gasteiger partial charge in [-0.15, -0.1) is 0 Å². The standard InChI is InChI=1S/C16H17N3O2/c1-2-5-14-16(21)19(10-15(20)18-14)12-8-11-6-3-4-7-13(11)17-9-12/h3-4,6-9,14H,2,5,10H2,1H3,(H,18,20). The molecule has 1 saturated heterocycles. The third-order valence-corrected chi connectivity index (χ3v) is 3.67. The fourth-order valence-electron chi connectivity index (χ4n) is 2.62. The zero-order valence-corrected chi connectivity index (χ0v) is 11.9. The quantitative estimate of drug-likeness (QED) is 0.935. The molecule has 3 rings (SSSR count). The highest BCUT2D eigenvalue weighted by molar-refractivity contribution is 6.07. The number of anilines is 1. The molecule has 5 heteroatoms. The highest BCUT2D eigenvalue weighted by Crippen LogP contribution is 2.22. The van der Waals surface area contributed by atoms with Crippen molar-refractivity contribution in [2.75, 3.05) is 11.4 Å². The van der Waals surface area contributed by atoms with Crippen LogP contribution in [0.4, 0.5) is 5.69 Å². The van der Waals surface area contributed by atoms with Gasteiger partial charge in [0.25, 0.3) is 0 Å². The van der Waals surface area contributed by atoms with Crippen LogP contribution in [0.25, 0.3) is 10.9 Å². The van der Waals surface area contributed by atoms with Crippen LogP contribution in [-0.4, -0.2) is 29.4 Å². The van der Waals surface area contributed by atoms with Gasteiger partial charge in [0.05, 0.1) is 17.4 Å². The van der Waals surface area contributed by atoms with E-state index in [2.05, 4.69) is 10.3 Å². The summed E-state index contributed by atoms with van der Waals surface area (Å²) in [6.45, 7) is 2.05. The van der Waals surface area contributed by atoms with E-state index < -0.39 is 6.04 Å². The Morgan fingerprint density at radius 1 is 1.33 bits per heavy atom. The zero-order valence-electron chi connectivity index (χ0n) is 11.9. The van der Waals surface area contributed by atoms with Crippen LogP contribution in [0.3, 0.4) is 0 Å². The molecule has 0 radical (unpaired) electrons. The summed E-state index contributed by atoms with van der Waals surface area (Å²) in [5.41, 5.74) is 1.55. The zero-order chi connectivity index (χ0) is 14.8. The Kier molecular flexibility index (Phi) is 3.56. The number of benzene rings is 1. The third kappa shape index (κ3) is 2.59. The molecule has 2 aromatic rings. The topological polar surface area (TPSA) is 62.3 Å². The highest BCUT2D eigenvalue weighted by atomic mass is 16.2. The van der Waals surface area contributed by atoms with Gasteiger partial charge in [0, 0.05) is 5.39 Å². The van der Waals surface area contributed by atoms with Crippen molar-refractivity contribution < 1.29 is 9.59 Å². The lowest BCUT2D eigenvalue weighted by atomic mass is 10.1. The Hall–Kier alpha value is -2.43. The van der Waals surface area contributed by atoms with Crippen molar-refractivity contribution in [2.45, 2.75) is 25.8 Å². The fourth-order valence-corrected chi connectivity index (χ4v) is 2.62. The minimum absolute atomic E-state index is 0.0546. The number of nitrogens with zero attached hydrogens (tertiary/aromatic N) is 2. The number of aromatic nitrogens is 1. The van der Waals surface area contributed by atoms with Crippen LogP contribution in [0.5, 0.6) is 0 Å². The largest absolute Gasteiger partial charge is 0.343 e. The predicted molar refractivity (Wildman–Crippen MR) is 80.9 cm³/mol. The second kappa shape index (κ2) is 5.52. The number of piperazine rings is 1. The predicted octanol–water partition coefficient (Wildman–Crippen LogP) is 1.87. The van der Waals surface area contributed by atoms with Gasteiger partial charge in [-0.25, -0.2) is 0 Å². The van der Waals surface area contributed by atoms with Gasteiger partial charge < -0.3 is 5.32 Å². The van der Waals surface area contributed by atoms with Gasteiger partial charge in [-0.2, -0.15) is 0 Å². The van der Waals surface area contributed by atoms with E-state index in [4.69, 9.17) is 0 Å². The van der Waals surface area contributed by atoms with E-state index in [1.807, 2.05) is 37.3 Å². The van der Waals surface area contributed by atoms with E-state index in [9.17, 15) is 9.59 Å². The lowest BCUT2D eigenvalue weighted by Gasteiger charge is -2.32. The number of carbonyl (C=O) groups excluding carboxylic acids is 2. The maximum atomic E-state index is 12.5. The Bertz CT molecular complexity index is 699. The third-order valence-electron chi connectivity index (χ3n) is 3.67. The molecule has 1 fully saturated rings. The van der Waals surface area contributed by atoms with E-state index in [-0.39, 0.29) is 18.4 Å². The minimum atomic E-state index is -0.428. The Balaban J connectivity index is 1.95. The van der Waals surface area contributed by atoms with E-state index >= 15 is 0 Å². The summed E-state index contributed by atoms with van der Waals surface area (Å²) in [7, 11) is 0. The van der Waals surface area contributed by atoms with Crippen LogP contribution < -0.4 is 10.2 Å². The summed E-state index contributed by atoms with van der Waals surface area (Å²) in [6, 6.07) is 9.20. The number of para-hydroxylation sites is 1. The molecule has 108 valence electrons. The van der Waals surface area contributed by atoms with Gasteiger partial charge in [-0.1, -0.05) is 31.5 Å². The molecule has 1 N–H and O–H groups in total. The minimum Gasteiger partial charge on any atom is -0.343 e. The molecular weight excluding hydrogens is 266 g/mol. The van der Waals surface area contributed by atoms with Gasteiger partial charge in [0.2, 0.25) is 11.8 Å². The molecule has 1 aromatic heterocycles. The second-order valence-electron chi connectivity index (χ2n) is 5.22. The molecule has 2 heterocycles. The van der Waals surface area contributed by atoms with Crippen molar-refractivity contribution in [2.24, 2.45) is 0 Å². The molecule has 1 aliphatic heterocycles. The molecule has 2 amide bonds. The number of rotatable bonds is 3. The average molecular weight is 283 g/mol. The van der Waals surface area contributed by atoms with Crippen molar-refractivity contribution in [3.05, 3.63) is 36.5 Å². The van der Waals surface area contributed by atoms with Crippen molar-refractivity contribution in [1.82, 2.24) is 10.3 Å². The maximum absolute atomic E-state index is 12.5. The molecule has 1 unspecified atom stereocenters. The molecule has 1 aliphatic rings. The van der Waals surface area contributed by atoms with Gasteiger partial charge in [-0.05, 0) is 18.6 Å².